The molecule has 1 atom stereocenters. The van der Waals surface area contributed by atoms with Crippen LogP contribution in [0.25, 0.3) is 11.1 Å². The Morgan fingerprint density at radius 2 is 1.66 bits per heavy atom. The highest BCUT2D eigenvalue weighted by Crippen LogP contribution is 2.44. The van der Waals surface area contributed by atoms with Gasteiger partial charge in [-0.15, -0.1) is 0 Å². The fraction of sp³-hybridized carbons (Fsp3) is 0.366. The summed E-state index contributed by atoms with van der Waals surface area (Å²) in [4.78, 5) is 2.33. The zero-order valence-corrected chi connectivity index (χ0v) is 29.4. The first-order valence-electron chi connectivity index (χ1n) is 17.2. The van der Waals surface area contributed by atoms with Crippen LogP contribution in [0.4, 0.5) is 4.39 Å². The molecule has 50 heavy (non-hydrogen) atoms. The van der Waals surface area contributed by atoms with Gasteiger partial charge in [0.05, 0.1) is 34.9 Å². The van der Waals surface area contributed by atoms with Gasteiger partial charge < -0.3 is 24.8 Å². The molecular formula is C41H42ClFN4O3. The van der Waals surface area contributed by atoms with Crippen LogP contribution in [-0.4, -0.2) is 36.8 Å². The average Bonchev–Trinajstić information content (AvgIpc) is 3.54. The lowest BCUT2D eigenvalue weighted by atomic mass is 9.93. The lowest BCUT2D eigenvalue weighted by molar-refractivity contribution is 0.0715. The molecule has 4 aromatic rings. The predicted molar refractivity (Wildman–Crippen MR) is 193 cm³/mol. The quantitative estimate of drug-likeness (QED) is 0.148. The lowest BCUT2D eigenvalue weighted by Gasteiger charge is -2.34. The van der Waals surface area contributed by atoms with E-state index < -0.39 is 5.67 Å². The van der Waals surface area contributed by atoms with Crippen LogP contribution in [-0.2, 0) is 19.6 Å². The van der Waals surface area contributed by atoms with Gasteiger partial charge in [-0.25, -0.2) is 4.39 Å². The fourth-order valence-electron chi connectivity index (χ4n) is 6.95. The average molecular weight is 693 g/mol. The second-order valence-corrected chi connectivity index (χ2v) is 13.8. The molecule has 0 spiro atoms. The van der Waals surface area contributed by atoms with Gasteiger partial charge in [0.25, 0.3) is 0 Å². The molecule has 1 aliphatic carbocycles. The molecule has 0 bridgehead atoms. The Balaban J connectivity index is 1.15. The minimum atomic E-state index is -1.03. The highest BCUT2D eigenvalue weighted by atomic mass is 35.5. The Kier molecular flexibility index (Phi) is 10.9. The van der Waals surface area contributed by atoms with E-state index in [4.69, 9.17) is 31.5 Å². The van der Waals surface area contributed by atoms with Gasteiger partial charge in [-0.2, -0.15) is 10.5 Å². The molecule has 7 nitrogen and oxygen atoms in total. The molecule has 4 aromatic carbocycles. The fourth-order valence-corrected chi connectivity index (χ4v) is 7.18. The van der Waals surface area contributed by atoms with Crippen LogP contribution < -0.4 is 19.9 Å². The van der Waals surface area contributed by atoms with Crippen molar-refractivity contribution in [2.45, 2.75) is 70.9 Å². The third kappa shape index (κ3) is 8.06. The standard InChI is InChI=1S/C41H42ClFN4O3/c1-27-32(6-4-9-37(27)48-17-5-14-47-15-12-41(2,43)13-16-47)33-7-3-8-35-34(33)10-11-38(35)50-40-22-39(31(25-46)21-36(40)42)49-26-30-19-28(23-44)18-29(20-30)24-45/h3-4,6-9,18-22,38H,5,10-17,25-26,46H2,1-2H3/t38-/m0/s1. The molecule has 6 rings (SSSR count). The number of alkyl halides is 1. The van der Waals surface area contributed by atoms with Crippen molar-refractivity contribution in [3.8, 4) is 40.5 Å². The zero-order chi connectivity index (χ0) is 35.3. The molecular weight excluding hydrogens is 651 g/mol. The van der Waals surface area contributed by atoms with Crippen LogP contribution in [0.5, 0.6) is 17.2 Å². The Morgan fingerprint density at radius 1 is 0.940 bits per heavy atom. The van der Waals surface area contributed by atoms with E-state index >= 15 is 0 Å². The molecule has 0 saturated carbocycles. The van der Waals surface area contributed by atoms with Crippen LogP contribution >= 0.6 is 11.6 Å². The van der Waals surface area contributed by atoms with Gasteiger partial charge in [-0.1, -0.05) is 41.9 Å². The SMILES string of the molecule is Cc1c(OCCCN2CCC(C)(F)CC2)cccc1-c1cccc2c1CC[C@@H]2Oc1cc(OCc2cc(C#N)cc(C#N)c2)c(CN)cc1Cl. The molecule has 0 radical (unpaired) electrons. The number of rotatable bonds is 12. The number of hydrogen-bond donors (Lipinski definition) is 1. The van der Waals surface area contributed by atoms with Crippen molar-refractivity contribution in [1.82, 2.24) is 4.90 Å². The van der Waals surface area contributed by atoms with Crippen molar-refractivity contribution >= 4 is 11.6 Å². The third-order valence-corrected chi connectivity index (χ3v) is 10.1. The number of hydrogen-bond acceptors (Lipinski definition) is 7. The van der Waals surface area contributed by atoms with Gasteiger partial charge in [-0.05, 0) is 110 Å². The molecule has 0 unspecified atom stereocenters. The van der Waals surface area contributed by atoms with E-state index in [0.717, 1.165) is 66.9 Å². The van der Waals surface area contributed by atoms with Crippen LogP contribution in [0.2, 0.25) is 5.02 Å². The molecule has 0 amide bonds. The first kappa shape index (κ1) is 35.2. The number of nitrogens with zero attached hydrogens (tertiary/aromatic N) is 3. The van der Waals surface area contributed by atoms with E-state index in [9.17, 15) is 14.9 Å². The minimum Gasteiger partial charge on any atom is -0.493 e. The van der Waals surface area contributed by atoms with Gasteiger partial charge in [0, 0.05) is 37.8 Å². The van der Waals surface area contributed by atoms with Gasteiger partial charge in [0.2, 0.25) is 0 Å². The van der Waals surface area contributed by atoms with Gasteiger partial charge in [0.15, 0.2) is 0 Å². The lowest BCUT2D eigenvalue weighted by Crippen LogP contribution is -2.40. The monoisotopic (exact) mass is 692 g/mol. The van der Waals surface area contributed by atoms with E-state index in [1.165, 1.54) is 11.1 Å². The van der Waals surface area contributed by atoms with Crippen molar-refractivity contribution in [2.75, 3.05) is 26.2 Å². The Morgan fingerprint density at radius 3 is 2.38 bits per heavy atom. The van der Waals surface area contributed by atoms with Crippen LogP contribution in [0.1, 0.15) is 77.7 Å². The van der Waals surface area contributed by atoms with E-state index in [-0.39, 0.29) is 19.3 Å². The number of benzene rings is 4. The second kappa shape index (κ2) is 15.5. The van der Waals surface area contributed by atoms with E-state index in [1.54, 1.807) is 37.3 Å². The molecule has 2 aliphatic rings. The number of piperidine rings is 1. The smallest absolute Gasteiger partial charge is 0.142 e. The largest absolute Gasteiger partial charge is 0.493 e. The number of ether oxygens (including phenoxy) is 3. The van der Waals surface area contributed by atoms with Crippen LogP contribution in [0, 0.1) is 29.6 Å². The third-order valence-electron chi connectivity index (χ3n) is 9.81. The van der Waals surface area contributed by atoms with Crippen molar-refractivity contribution in [2.24, 2.45) is 5.73 Å². The molecule has 9 heteroatoms. The molecule has 0 aromatic heterocycles. The van der Waals surface area contributed by atoms with Gasteiger partial charge in [-0.3, -0.25) is 0 Å². The number of fused-ring (bicyclic) bond motifs is 1. The Hall–Kier alpha value is -4.60. The number of halogens is 2. The Labute approximate surface area is 298 Å². The summed E-state index contributed by atoms with van der Waals surface area (Å²) >= 11 is 6.72. The van der Waals surface area contributed by atoms with E-state index in [0.29, 0.717) is 52.7 Å². The zero-order valence-electron chi connectivity index (χ0n) is 28.6. The molecule has 1 saturated heterocycles. The number of likely N-dealkylation sites (tertiary alicyclic amines) is 1. The minimum absolute atomic E-state index is 0.147. The summed E-state index contributed by atoms with van der Waals surface area (Å²) in [5, 5.41) is 19.2. The molecule has 1 heterocycles. The van der Waals surface area contributed by atoms with Crippen molar-refractivity contribution < 1.29 is 18.6 Å². The summed E-state index contributed by atoms with van der Waals surface area (Å²) in [6, 6.07) is 25.2. The molecule has 258 valence electrons. The normalized spacial score (nSPS) is 16.7. The summed E-state index contributed by atoms with van der Waals surface area (Å²) in [6.45, 7) is 7.30. The first-order chi connectivity index (χ1) is 24.2. The maximum absolute atomic E-state index is 14.2. The molecule has 2 N–H and O–H groups in total. The number of nitrogens with two attached hydrogens (primary N) is 1. The number of nitriles is 2. The van der Waals surface area contributed by atoms with Gasteiger partial charge >= 0.3 is 0 Å². The summed E-state index contributed by atoms with van der Waals surface area (Å²) in [6.07, 6.45) is 3.53. The second-order valence-electron chi connectivity index (χ2n) is 13.4. The maximum atomic E-state index is 14.2. The van der Waals surface area contributed by atoms with Gasteiger partial charge in [0.1, 0.15) is 35.6 Å². The maximum Gasteiger partial charge on any atom is 0.142 e. The summed E-state index contributed by atoms with van der Waals surface area (Å²) < 4.78 is 33.2. The molecule has 1 aliphatic heterocycles. The Bertz CT molecular complexity index is 1910. The topological polar surface area (TPSA) is 105 Å². The summed E-state index contributed by atoms with van der Waals surface area (Å²) in [7, 11) is 0. The highest BCUT2D eigenvalue weighted by Gasteiger charge is 2.30. The molecule has 1 fully saturated rings. The summed E-state index contributed by atoms with van der Waals surface area (Å²) in [5.41, 5.74) is 13.0. The predicted octanol–water partition coefficient (Wildman–Crippen LogP) is 8.76. The van der Waals surface area contributed by atoms with Crippen molar-refractivity contribution in [3.63, 3.8) is 0 Å². The van der Waals surface area contributed by atoms with Crippen molar-refractivity contribution in [1.29, 1.82) is 10.5 Å². The first-order valence-corrected chi connectivity index (χ1v) is 17.6. The van der Waals surface area contributed by atoms with Crippen LogP contribution in [0.3, 0.4) is 0 Å². The van der Waals surface area contributed by atoms with E-state index in [1.807, 2.05) is 12.1 Å². The highest BCUT2D eigenvalue weighted by molar-refractivity contribution is 6.32. The van der Waals surface area contributed by atoms with Crippen LogP contribution in [0.15, 0.2) is 66.7 Å². The summed E-state index contributed by atoms with van der Waals surface area (Å²) in [5.74, 6) is 1.91. The van der Waals surface area contributed by atoms with E-state index in [2.05, 4.69) is 48.2 Å². The van der Waals surface area contributed by atoms with Crippen molar-refractivity contribution in [3.05, 3.63) is 111 Å².